The van der Waals surface area contributed by atoms with Crippen molar-refractivity contribution in [1.82, 2.24) is 0 Å². The maximum atomic E-state index is 2.44. The van der Waals surface area contributed by atoms with E-state index in [-0.39, 0.29) is 0 Å². The van der Waals surface area contributed by atoms with Crippen molar-refractivity contribution in [2.24, 2.45) is 0 Å². The third-order valence-electron chi connectivity index (χ3n) is 8.84. The number of hydrogen-bond donors (Lipinski definition) is 0. The van der Waals surface area contributed by atoms with Crippen molar-refractivity contribution in [3.8, 4) is 44.5 Å². The lowest BCUT2D eigenvalue weighted by molar-refractivity contribution is 1.40. The van der Waals surface area contributed by atoms with Crippen LogP contribution in [-0.2, 0) is 0 Å². The van der Waals surface area contributed by atoms with Crippen LogP contribution in [0.3, 0.4) is 0 Å². The molecule has 0 spiro atoms. The van der Waals surface area contributed by atoms with Crippen LogP contribution in [0.1, 0.15) is 0 Å². The average Bonchev–Trinajstić information content (AvgIpc) is 3.07. The Morgan fingerprint density at radius 2 is 0.884 bits per heavy atom. The second-order valence-corrected chi connectivity index (χ2v) is 12.3. The zero-order chi connectivity index (χ0) is 28.3. The first-order chi connectivity index (χ1) is 21.3. The van der Waals surface area contributed by atoms with Gasteiger partial charge in [-0.2, -0.15) is 0 Å². The summed E-state index contributed by atoms with van der Waals surface area (Å²) >= 11 is 1.88. The average molecular weight is 563 g/mol. The molecule has 0 atom stereocenters. The van der Waals surface area contributed by atoms with Gasteiger partial charge in [-0.05, 0) is 95.7 Å². The first-order valence-corrected chi connectivity index (χ1v) is 15.6. The van der Waals surface area contributed by atoms with Crippen LogP contribution in [0.15, 0.2) is 168 Å². The Balaban J connectivity index is 1.40. The number of rotatable bonds is 3. The zero-order valence-electron chi connectivity index (χ0n) is 23.4. The fraction of sp³-hybridized carbons (Fsp3) is 0. The van der Waals surface area contributed by atoms with E-state index in [2.05, 4.69) is 158 Å². The monoisotopic (exact) mass is 562 g/mol. The molecule has 1 aliphatic heterocycles. The maximum absolute atomic E-state index is 2.44. The van der Waals surface area contributed by atoms with Crippen LogP contribution in [0.25, 0.3) is 76.8 Å². The summed E-state index contributed by atoms with van der Waals surface area (Å²) in [6.45, 7) is 0. The van der Waals surface area contributed by atoms with Crippen LogP contribution < -0.4 is 0 Å². The molecule has 0 aromatic heterocycles. The molecule has 0 amide bonds. The molecule has 0 fully saturated rings. The quantitative estimate of drug-likeness (QED) is 0.193. The lowest BCUT2D eigenvalue weighted by Gasteiger charge is -2.23. The van der Waals surface area contributed by atoms with Crippen molar-refractivity contribution in [2.75, 3.05) is 0 Å². The molecule has 0 nitrogen and oxygen atoms in total. The molecule has 1 heterocycles. The summed E-state index contributed by atoms with van der Waals surface area (Å²) in [6, 6.07) is 58.0. The summed E-state index contributed by atoms with van der Waals surface area (Å²) in [4.78, 5) is 2.66. The van der Waals surface area contributed by atoms with Gasteiger partial charge in [-0.1, -0.05) is 145 Å². The van der Waals surface area contributed by atoms with E-state index in [9.17, 15) is 0 Å². The van der Waals surface area contributed by atoms with Crippen molar-refractivity contribution in [3.63, 3.8) is 0 Å². The minimum absolute atomic E-state index is 1.23. The highest BCUT2D eigenvalue weighted by Gasteiger charge is 2.23. The minimum atomic E-state index is 1.23. The van der Waals surface area contributed by atoms with Crippen LogP contribution in [0.2, 0.25) is 0 Å². The van der Waals surface area contributed by atoms with Gasteiger partial charge in [-0.3, -0.25) is 0 Å². The molecule has 8 aromatic carbocycles. The lowest BCUT2D eigenvalue weighted by Crippen LogP contribution is -1.95. The maximum Gasteiger partial charge on any atom is 0.0207 e. The van der Waals surface area contributed by atoms with Gasteiger partial charge in [0.25, 0.3) is 0 Å². The Bertz CT molecular complexity index is 2310. The highest BCUT2D eigenvalue weighted by molar-refractivity contribution is 7.99. The van der Waals surface area contributed by atoms with E-state index < -0.39 is 0 Å². The third-order valence-corrected chi connectivity index (χ3v) is 9.97. The van der Waals surface area contributed by atoms with E-state index in [4.69, 9.17) is 0 Å². The summed E-state index contributed by atoms with van der Waals surface area (Å²) in [6.07, 6.45) is 0. The largest absolute Gasteiger partial charge is 0.0888 e. The summed E-state index contributed by atoms with van der Waals surface area (Å²) < 4.78 is 0. The molecule has 0 bridgehead atoms. The Morgan fingerprint density at radius 3 is 1.60 bits per heavy atom. The molecule has 1 heteroatoms. The Morgan fingerprint density at radius 1 is 0.326 bits per heavy atom. The van der Waals surface area contributed by atoms with Crippen LogP contribution in [-0.4, -0.2) is 0 Å². The van der Waals surface area contributed by atoms with E-state index in [0.29, 0.717) is 0 Å². The van der Waals surface area contributed by atoms with E-state index >= 15 is 0 Å². The lowest BCUT2D eigenvalue weighted by atomic mass is 9.83. The van der Waals surface area contributed by atoms with Crippen molar-refractivity contribution in [2.45, 2.75) is 9.79 Å². The molecule has 0 unspecified atom stereocenters. The first kappa shape index (κ1) is 24.5. The fourth-order valence-corrected chi connectivity index (χ4v) is 8.18. The van der Waals surface area contributed by atoms with Crippen LogP contribution in [0, 0.1) is 0 Å². The third kappa shape index (κ3) is 3.79. The van der Waals surface area contributed by atoms with Crippen molar-refractivity contribution < 1.29 is 0 Å². The van der Waals surface area contributed by atoms with Crippen LogP contribution in [0.5, 0.6) is 0 Å². The van der Waals surface area contributed by atoms with E-state index in [0.717, 1.165) is 0 Å². The smallest absolute Gasteiger partial charge is 0.0207 e. The number of benzene rings is 8. The fourth-order valence-electron chi connectivity index (χ4n) is 7.03. The molecular formula is C42H26S. The second-order valence-electron chi connectivity index (χ2n) is 11.2. The molecule has 9 rings (SSSR count). The molecule has 0 N–H and O–H groups in total. The molecule has 0 aliphatic carbocycles. The van der Waals surface area contributed by atoms with Gasteiger partial charge in [-0.25, -0.2) is 0 Å². The van der Waals surface area contributed by atoms with Gasteiger partial charge in [-0.15, -0.1) is 0 Å². The topological polar surface area (TPSA) is 0 Å². The minimum Gasteiger partial charge on any atom is -0.0888 e. The molecule has 0 saturated heterocycles. The summed E-state index contributed by atoms with van der Waals surface area (Å²) in [5.41, 5.74) is 10.2. The molecular weight excluding hydrogens is 537 g/mol. The van der Waals surface area contributed by atoms with Gasteiger partial charge in [0.05, 0.1) is 0 Å². The van der Waals surface area contributed by atoms with E-state index in [1.165, 1.54) is 86.6 Å². The second kappa shape index (κ2) is 9.73. The van der Waals surface area contributed by atoms with Gasteiger partial charge in [0.2, 0.25) is 0 Å². The Labute approximate surface area is 255 Å². The van der Waals surface area contributed by atoms with E-state index in [1.54, 1.807) is 0 Å². The van der Waals surface area contributed by atoms with Crippen LogP contribution in [0.4, 0.5) is 0 Å². The van der Waals surface area contributed by atoms with Crippen molar-refractivity contribution >= 4 is 44.1 Å². The molecule has 0 radical (unpaired) electrons. The molecule has 43 heavy (non-hydrogen) atoms. The summed E-state index contributed by atoms with van der Waals surface area (Å²) in [5, 5.41) is 7.76. The van der Waals surface area contributed by atoms with Gasteiger partial charge >= 0.3 is 0 Å². The molecule has 8 aromatic rings. The summed E-state index contributed by atoms with van der Waals surface area (Å²) in [5.74, 6) is 0. The van der Waals surface area contributed by atoms with Gasteiger partial charge < -0.3 is 0 Å². The van der Waals surface area contributed by atoms with Crippen molar-refractivity contribution in [3.05, 3.63) is 158 Å². The highest BCUT2D eigenvalue weighted by atomic mass is 32.2. The Kier molecular flexibility index (Phi) is 5.54. The zero-order valence-corrected chi connectivity index (χ0v) is 24.2. The predicted molar refractivity (Wildman–Crippen MR) is 185 cm³/mol. The molecule has 0 saturated carbocycles. The van der Waals surface area contributed by atoms with Crippen molar-refractivity contribution in [1.29, 1.82) is 0 Å². The standard InChI is InChI=1S/C42H26S/c1-2-13-27(14-3-1)30-16-4-5-18-32(30)42-35-21-8-6-19-33(35)40(34-20-7-9-22-36(34)42)29-25-28-15-12-24-39-41(28)37(26-29)31-17-10-11-23-38(31)43-39/h1-26H. The van der Waals surface area contributed by atoms with Gasteiger partial charge in [0.1, 0.15) is 0 Å². The molecule has 200 valence electrons. The molecule has 1 aliphatic rings. The van der Waals surface area contributed by atoms with Crippen LogP contribution >= 0.6 is 11.8 Å². The Hall–Kier alpha value is -5.11. The highest BCUT2D eigenvalue weighted by Crippen LogP contribution is 2.51. The first-order valence-electron chi connectivity index (χ1n) is 14.8. The van der Waals surface area contributed by atoms with Gasteiger partial charge in [0, 0.05) is 15.2 Å². The summed E-state index contributed by atoms with van der Waals surface area (Å²) in [7, 11) is 0. The number of fused-ring (bicyclic) bond motifs is 4. The predicted octanol–water partition coefficient (Wildman–Crippen LogP) is 12.3. The SMILES string of the molecule is c1ccc(-c2ccccc2-c2c3ccccc3c(-c3cc4c5c(cccc5c3)Sc3ccccc3-4)c3ccccc23)cc1. The van der Waals surface area contributed by atoms with E-state index in [1.807, 2.05) is 11.8 Å². The van der Waals surface area contributed by atoms with Gasteiger partial charge in [0.15, 0.2) is 0 Å². The normalized spacial score (nSPS) is 12.1. The number of hydrogen-bond acceptors (Lipinski definition) is 1.